The molecule has 0 aliphatic carbocycles. The zero-order valence-electron chi connectivity index (χ0n) is 11.2. The maximum atomic E-state index is 11.7. The van der Waals surface area contributed by atoms with Gasteiger partial charge < -0.3 is 5.32 Å². The van der Waals surface area contributed by atoms with Crippen molar-refractivity contribution in [1.82, 2.24) is 14.9 Å². The summed E-state index contributed by atoms with van der Waals surface area (Å²) in [4.78, 5) is 26.5. The average Bonchev–Trinajstić information content (AvgIpc) is 2.84. The van der Waals surface area contributed by atoms with Crippen molar-refractivity contribution < 1.29 is 9.72 Å². The molecule has 0 unspecified atom stereocenters. The van der Waals surface area contributed by atoms with E-state index in [0.29, 0.717) is 18.1 Å². The third-order valence-corrected chi connectivity index (χ3v) is 2.86. The predicted molar refractivity (Wildman–Crippen MR) is 73.0 cm³/mol. The normalized spacial score (nSPS) is 10.3. The quantitative estimate of drug-likeness (QED) is 0.680. The maximum absolute atomic E-state index is 11.7. The average molecular weight is 274 g/mol. The fourth-order valence-electron chi connectivity index (χ4n) is 1.91. The number of nitrogens with zero attached hydrogens (tertiary/aromatic N) is 3. The second kappa shape index (κ2) is 5.52. The first-order chi connectivity index (χ1) is 9.54. The number of benzene rings is 1. The Bertz CT molecular complexity index is 663. The summed E-state index contributed by atoms with van der Waals surface area (Å²) in [6, 6.07) is 4.39. The summed E-state index contributed by atoms with van der Waals surface area (Å²) in [5.41, 5.74) is 0.521. The van der Waals surface area contributed by atoms with Crippen molar-refractivity contribution in [2.24, 2.45) is 0 Å². The first-order valence-electron chi connectivity index (χ1n) is 6.11. The Morgan fingerprint density at radius 3 is 2.80 bits per heavy atom. The van der Waals surface area contributed by atoms with Crippen LogP contribution in [-0.4, -0.2) is 26.9 Å². The fraction of sp³-hybridized carbons (Fsp3) is 0.231. The molecule has 1 aromatic carbocycles. The molecule has 0 aliphatic heterocycles. The Labute approximate surface area is 115 Å². The van der Waals surface area contributed by atoms with Gasteiger partial charge >= 0.3 is 0 Å². The molecule has 1 amide bonds. The number of hydrogen-bond donors (Lipinski definition) is 1. The number of amides is 1. The number of carbonyl (C=O) groups is 1. The molecule has 1 aromatic heterocycles. The minimum Gasteiger partial charge on any atom is -0.352 e. The van der Waals surface area contributed by atoms with E-state index >= 15 is 0 Å². The summed E-state index contributed by atoms with van der Waals surface area (Å²) in [7, 11) is 0. The molecule has 2 aromatic rings. The lowest BCUT2D eigenvalue weighted by molar-refractivity contribution is -0.384. The first kappa shape index (κ1) is 13.7. The molecule has 7 nitrogen and oxygen atoms in total. The Morgan fingerprint density at radius 2 is 2.25 bits per heavy atom. The Balaban J connectivity index is 2.52. The van der Waals surface area contributed by atoms with Crippen LogP contribution in [0.5, 0.6) is 0 Å². The van der Waals surface area contributed by atoms with Gasteiger partial charge in [-0.1, -0.05) is 0 Å². The van der Waals surface area contributed by atoms with E-state index in [1.165, 1.54) is 6.07 Å². The highest BCUT2D eigenvalue weighted by Crippen LogP contribution is 2.25. The van der Waals surface area contributed by atoms with Crippen molar-refractivity contribution in [2.45, 2.75) is 13.8 Å². The molecule has 7 heteroatoms. The number of nitrogens with one attached hydrogen (secondary N) is 1. The number of hydrogen-bond acceptors (Lipinski definition) is 4. The molecule has 0 atom stereocenters. The number of imidazole rings is 1. The van der Waals surface area contributed by atoms with E-state index in [0.717, 1.165) is 0 Å². The van der Waals surface area contributed by atoms with Crippen LogP contribution in [0.15, 0.2) is 30.6 Å². The smallest absolute Gasteiger partial charge is 0.294 e. The van der Waals surface area contributed by atoms with E-state index < -0.39 is 4.92 Å². The third-order valence-electron chi connectivity index (χ3n) is 2.86. The van der Waals surface area contributed by atoms with Gasteiger partial charge in [0.05, 0.1) is 4.92 Å². The van der Waals surface area contributed by atoms with E-state index in [1.54, 1.807) is 42.9 Å². The van der Waals surface area contributed by atoms with Crippen LogP contribution in [0.25, 0.3) is 5.69 Å². The van der Waals surface area contributed by atoms with Crippen LogP contribution in [-0.2, 0) is 0 Å². The molecule has 0 saturated heterocycles. The zero-order valence-corrected chi connectivity index (χ0v) is 11.2. The van der Waals surface area contributed by atoms with Gasteiger partial charge in [0, 0.05) is 30.6 Å². The molecule has 2 rings (SSSR count). The summed E-state index contributed by atoms with van der Waals surface area (Å²) in [6.07, 6.45) is 3.21. The summed E-state index contributed by atoms with van der Waals surface area (Å²) in [5, 5.41) is 13.8. The first-order valence-corrected chi connectivity index (χ1v) is 6.11. The SMILES string of the molecule is CCNC(=O)c1ccc(-n2ccnc2C)c([N+](=O)[O-])c1. The van der Waals surface area contributed by atoms with Crippen LogP contribution in [0.4, 0.5) is 5.69 Å². The molecular formula is C13H14N4O3. The van der Waals surface area contributed by atoms with Gasteiger partial charge in [-0.15, -0.1) is 0 Å². The van der Waals surface area contributed by atoms with Crippen molar-refractivity contribution in [3.8, 4) is 5.69 Å². The molecule has 1 N–H and O–H groups in total. The van der Waals surface area contributed by atoms with Gasteiger partial charge in [0.15, 0.2) is 0 Å². The Hall–Kier alpha value is -2.70. The lowest BCUT2D eigenvalue weighted by atomic mass is 10.1. The Morgan fingerprint density at radius 1 is 1.50 bits per heavy atom. The van der Waals surface area contributed by atoms with Crippen LogP contribution in [0.1, 0.15) is 23.1 Å². The summed E-state index contributed by atoms with van der Waals surface area (Å²) < 4.78 is 1.61. The maximum Gasteiger partial charge on any atom is 0.294 e. The number of nitro groups is 1. The number of carbonyl (C=O) groups excluding carboxylic acids is 1. The van der Waals surface area contributed by atoms with Crippen molar-refractivity contribution in [1.29, 1.82) is 0 Å². The second-order valence-electron chi connectivity index (χ2n) is 4.16. The molecule has 0 saturated carbocycles. The van der Waals surface area contributed by atoms with Crippen molar-refractivity contribution in [2.75, 3.05) is 6.54 Å². The van der Waals surface area contributed by atoms with Crippen LogP contribution < -0.4 is 5.32 Å². The summed E-state index contributed by atoms with van der Waals surface area (Å²) in [6.45, 7) is 4.01. The molecule has 0 aliphatic rings. The minimum absolute atomic E-state index is 0.130. The minimum atomic E-state index is -0.502. The van der Waals surface area contributed by atoms with Gasteiger partial charge in [-0.3, -0.25) is 19.5 Å². The lowest BCUT2D eigenvalue weighted by Crippen LogP contribution is -2.22. The molecule has 20 heavy (non-hydrogen) atoms. The van der Waals surface area contributed by atoms with Gasteiger partial charge in [0.25, 0.3) is 11.6 Å². The third kappa shape index (κ3) is 2.51. The van der Waals surface area contributed by atoms with Gasteiger partial charge in [0.2, 0.25) is 0 Å². The molecule has 0 spiro atoms. The molecular weight excluding hydrogens is 260 g/mol. The van der Waals surface area contributed by atoms with Gasteiger partial charge in [-0.05, 0) is 26.0 Å². The topological polar surface area (TPSA) is 90.1 Å². The van der Waals surface area contributed by atoms with Crippen LogP contribution >= 0.6 is 0 Å². The largest absolute Gasteiger partial charge is 0.352 e. The van der Waals surface area contributed by atoms with E-state index in [9.17, 15) is 14.9 Å². The van der Waals surface area contributed by atoms with Gasteiger partial charge in [0.1, 0.15) is 11.5 Å². The summed E-state index contributed by atoms with van der Waals surface area (Å²) in [5.74, 6) is 0.309. The highest BCUT2D eigenvalue weighted by atomic mass is 16.6. The number of nitro benzene ring substituents is 1. The number of rotatable bonds is 4. The lowest BCUT2D eigenvalue weighted by Gasteiger charge is -2.08. The van der Waals surface area contributed by atoms with Crippen molar-refractivity contribution in [3.63, 3.8) is 0 Å². The van der Waals surface area contributed by atoms with Crippen LogP contribution in [0.2, 0.25) is 0 Å². The van der Waals surface area contributed by atoms with E-state index in [1.807, 2.05) is 0 Å². The van der Waals surface area contributed by atoms with Crippen molar-refractivity contribution in [3.05, 3.63) is 52.1 Å². The number of aromatic nitrogens is 2. The van der Waals surface area contributed by atoms with E-state index in [-0.39, 0.29) is 17.2 Å². The highest BCUT2D eigenvalue weighted by Gasteiger charge is 2.19. The zero-order chi connectivity index (χ0) is 14.7. The van der Waals surface area contributed by atoms with Crippen LogP contribution in [0, 0.1) is 17.0 Å². The van der Waals surface area contributed by atoms with Gasteiger partial charge in [-0.2, -0.15) is 0 Å². The van der Waals surface area contributed by atoms with E-state index in [4.69, 9.17) is 0 Å². The molecule has 104 valence electrons. The predicted octanol–water partition coefficient (Wildman–Crippen LogP) is 1.84. The van der Waals surface area contributed by atoms with E-state index in [2.05, 4.69) is 10.3 Å². The molecule has 0 radical (unpaired) electrons. The van der Waals surface area contributed by atoms with Crippen LogP contribution in [0.3, 0.4) is 0 Å². The Kier molecular flexibility index (Phi) is 3.79. The molecule has 0 fully saturated rings. The molecule has 1 heterocycles. The van der Waals surface area contributed by atoms with Crippen molar-refractivity contribution >= 4 is 11.6 Å². The highest BCUT2D eigenvalue weighted by molar-refractivity contribution is 5.95. The second-order valence-corrected chi connectivity index (χ2v) is 4.16. The molecule has 0 bridgehead atoms. The number of aryl methyl sites for hydroxylation is 1. The summed E-state index contributed by atoms with van der Waals surface area (Å²) >= 11 is 0. The fourth-order valence-corrected chi connectivity index (χ4v) is 1.91. The van der Waals surface area contributed by atoms with Gasteiger partial charge in [-0.25, -0.2) is 4.98 Å². The monoisotopic (exact) mass is 274 g/mol. The standard InChI is InChI=1S/C13H14N4O3/c1-3-14-13(18)10-4-5-11(12(8-10)17(19)20)16-7-6-15-9(16)2/h4-8H,3H2,1-2H3,(H,14,18).